The summed E-state index contributed by atoms with van der Waals surface area (Å²) in [6, 6.07) is 9.25. The highest BCUT2D eigenvalue weighted by molar-refractivity contribution is 7.16. The number of methoxy groups -OCH3 is 2. The van der Waals surface area contributed by atoms with E-state index in [0.29, 0.717) is 23.8 Å². The minimum absolute atomic E-state index is 0.118. The predicted molar refractivity (Wildman–Crippen MR) is 136 cm³/mol. The number of hydrogen-bond acceptors (Lipinski definition) is 6. The van der Waals surface area contributed by atoms with Crippen LogP contribution in [0.2, 0.25) is 0 Å². The molecule has 1 aliphatic carbocycles. The fourth-order valence-electron chi connectivity index (χ4n) is 4.37. The molecule has 0 saturated carbocycles. The number of furan rings is 1. The van der Waals surface area contributed by atoms with Gasteiger partial charge in [0, 0.05) is 16.7 Å². The largest absolute Gasteiger partial charge is 0.497 e. The summed E-state index contributed by atoms with van der Waals surface area (Å²) in [5.41, 5.74) is 2.83. The number of carbonyl (C=O) groups excluding carboxylic acids is 1. The van der Waals surface area contributed by atoms with Crippen LogP contribution in [0.5, 0.6) is 11.5 Å². The number of thiophene rings is 1. The maximum absolute atomic E-state index is 13.3. The lowest BCUT2D eigenvalue weighted by Crippen LogP contribution is -2.28. The fourth-order valence-corrected chi connectivity index (χ4v) is 5.64. The second-order valence-corrected chi connectivity index (χ2v) is 10.7. The number of fused-ring (bicyclic) bond motifs is 1. The van der Waals surface area contributed by atoms with E-state index in [9.17, 15) is 4.79 Å². The molecule has 0 fully saturated rings. The average molecular weight is 481 g/mol. The Morgan fingerprint density at radius 3 is 2.76 bits per heavy atom. The monoisotopic (exact) mass is 480 g/mol. The molecule has 0 spiro atoms. The molecule has 2 aromatic heterocycles. The topological polar surface area (TPSA) is 73.1 Å². The van der Waals surface area contributed by atoms with Gasteiger partial charge in [-0.25, -0.2) is 4.99 Å². The number of rotatable bonds is 7. The number of benzene rings is 1. The van der Waals surface area contributed by atoms with E-state index in [-0.39, 0.29) is 11.3 Å². The second kappa shape index (κ2) is 10.1. The van der Waals surface area contributed by atoms with Crippen molar-refractivity contribution in [2.75, 3.05) is 14.2 Å². The van der Waals surface area contributed by atoms with Crippen molar-refractivity contribution in [2.45, 2.75) is 46.6 Å². The molecule has 1 atom stereocenters. The van der Waals surface area contributed by atoms with Crippen molar-refractivity contribution in [2.24, 2.45) is 16.3 Å². The first kappa shape index (κ1) is 24.1. The highest BCUT2D eigenvalue weighted by atomic mass is 32.1. The zero-order chi connectivity index (χ0) is 24.3. The van der Waals surface area contributed by atoms with E-state index in [1.54, 1.807) is 38.0 Å². The summed E-state index contributed by atoms with van der Waals surface area (Å²) in [7, 11) is 3.26. The summed E-state index contributed by atoms with van der Waals surface area (Å²) in [5, 5.41) is 3.74. The Morgan fingerprint density at radius 2 is 2.09 bits per heavy atom. The molecule has 34 heavy (non-hydrogen) atoms. The van der Waals surface area contributed by atoms with Gasteiger partial charge in [0.1, 0.15) is 22.3 Å². The minimum Gasteiger partial charge on any atom is -0.497 e. The van der Waals surface area contributed by atoms with Gasteiger partial charge in [0.05, 0.1) is 32.6 Å². The molecule has 0 radical (unpaired) electrons. The Bertz CT molecular complexity index is 1170. The van der Waals surface area contributed by atoms with E-state index >= 15 is 0 Å². The standard InChI is InChI=1S/C27H32N2O4S/c1-27(2,3)18-8-10-21-23(14-18)34-26(24(21)25(30)28-16-20-7-6-12-33-20)29-15-17-13-19(31-4)9-11-22(17)32-5/h6-7,9,11-13,15,18H,8,10,14,16H2,1-5H3,(H,28,30)/t18-/m1/s1. The predicted octanol–water partition coefficient (Wildman–Crippen LogP) is 6.19. The smallest absolute Gasteiger partial charge is 0.255 e. The van der Waals surface area contributed by atoms with Crippen LogP contribution in [0.3, 0.4) is 0 Å². The Morgan fingerprint density at radius 1 is 1.26 bits per heavy atom. The molecule has 180 valence electrons. The second-order valence-electron chi connectivity index (χ2n) is 9.62. The molecular weight excluding hydrogens is 448 g/mol. The number of carbonyl (C=O) groups is 1. The Labute approximate surface area is 205 Å². The number of aliphatic imine (C=N–C) groups is 1. The van der Waals surface area contributed by atoms with Crippen LogP contribution in [-0.4, -0.2) is 26.3 Å². The summed E-state index contributed by atoms with van der Waals surface area (Å²) in [4.78, 5) is 19.4. The third-order valence-electron chi connectivity index (χ3n) is 6.46. The molecule has 6 nitrogen and oxygen atoms in total. The summed E-state index contributed by atoms with van der Waals surface area (Å²) < 4.78 is 16.2. The number of ether oxygens (including phenoxy) is 2. The average Bonchev–Trinajstić information content (AvgIpc) is 3.47. The van der Waals surface area contributed by atoms with Crippen molar-refractivity contribution in [1.82, 2.24) is 5.32 Å². The van der Waals surface area contributed by atoms with E-state index in [4.69, 9.17) is 18.9 Å². The lowest BCUT2D eigenvalue weighted by atomic mass is 9.72. The Hall–Kier alpha value is -3.06. The number of nitrogens with one attached hydrogen (secondary N) is 1. The van der Waals surface area contributed by atoms with Crippen LogP contribution in [0.1, 0.15) is 59.3 Å². The Kier molecular flexibility index (Phi) is 7.12. The molecular formula is C27H32N2O4S. The van der Waals surface area contributed by atoms with Crippen LogP contribution in [0.4, 0.5) is 5.00 Å². The van der Waals surface area contributed by atoms with Crippen molar-refractivity contribution in [3.63, 3.8) is 0 Å². The van der Waals surface area contributed by atoms with Gasteiger partial charge < -0.3 is 19.2 Å². The van der Waals surface area contributed by atoms with E-state index in [2.05, 4.69) is 26.1 Å². The SMILES string of the molecule is COc1ccc(OC)c(C=Nc2sc3c(c2C(=O)NCc2ccco2)CC[C@@H](C(C)(C)C)C3)c1. The van der Waals surface area contributed by atoms with E-state index in [1.165, 1.54) is 4.88 Å². The lowest BCUT2D eigenvalue weighted by molar-refractivity contribution is 0.0947. The van der Waals surface area contributed by atoms with Gasteiger partial charge in [0.25, 0.3) is 5.91 Å². The summed E-state index contributed by atoms with van der Waals surface area (Å²) in [6.45, 7) is 7.22. The van der Waals surface area contributed by atoms with Crippen molar-refractivity contribution in [1.29, 1.82) is 0 Å². The summed E-state index contributed by atoms with van der Waals surface area (Å²) >= 11 is 1.62. The molecule has 0 saturated heterocycles. The van der Waals surface area contributed by atoms with Gasteiger partial charge in [-0.2, -0.15) is 0 Å². The van der Waals surface area contributed by atoms with Crippen LogP contribution in [0.25, 0.3) is 0 Å². The van der Waals surface area contributed by atoms with Gasteiger partial charge in [-0.1, -0.05) is 20.8 Å². The third kappa shape index (κ3) is 5.20. The van der Waals surface area contributed by atoms with Crippen LogP contribution in [-0.2, 0) is 19.4 Å². The van der Waals surface area contributed by atoms with Crippen molar-refractivity contribution >= 4 is 28.5 Å². The van der Waals surface area contributed by atoms with Crippen LogP contribution in [0.15, 0.2) is 46.0 Å². The third-order valence-corrected chi connectivity index (χ3v) is 7.62. The molecule has 1 aliphatic rings. The van der Waals surface area contributed by atoms with Crippen molar-refractivity contribution in [3.8, 4) is 11.5 Å². The van der Waals surface area contributed by atoms with E-state index in [0.717, 1.165) is 46.9 Å². The molecule has 1 N–H and O–H groups in total. The fraction of sp³-hybridized carbons (Fsp3) is 0.407. The van der Waals surface area contributed by atoms with Crippen LogP contribution in [0, 0.1) is 11.3 Å². The number of hydrogen-bond donors (Lipinski definition) is 1. The molecule has 2 heterocycles. The van der Waals surface area contributed by atoms with Crippen LogP contribution >= 0.6 is 11.3 Å². The maximum Gasteiger partial charge on any atom is 0.255 e. The zero-order valence-corrected chi connectivity index (χ0v) is 21.3. The zero-order valence-electron chi connectivity index (χ0n) is 20.4. The minimum atomic E-state index is -0.118. The molecule has 7 heteroatoms. The molecule has 3 aromatic rings. The quantitative estimate of drug-likeness (QED) is 0.409. The Balaban J connectivity index is 1.69. The summed E-state index contributed by atoms with van der Waals surface area (Å²) in [6.07, 6.45) is 6.29. The molecule has 0 unspecified atom stereocenters. The van der Waals surface area contributed by atoms with Gasteiger partial charge in [-0.3, -0.25) is 4.79 Å². The summed E-state index contributed by atoms with van der Waals surface area (Å²) in [5.74, 6) is 2.59. The van der Waals surface area contributed by atoms with Gasteiger partial charge in [0.15, 0.2) is 0 Å². The van der Waals surface area contributed by atoms with Crippen molar-refractivity contribution in [3.05, 3.63) is 63.9 Å². The number of amides is 1. The van der Waals surface area contributed by atoms with Crippen molar-refractivity contribution < 1.29 is 18.7 Å². The molecule has 0 aliphatic heterocycles. The van der Waals surface area contributed by atoms with E-state index < -0.39 is 0 Å². The molecule has 1 amide bonds. The van der Waals surface area contributed by atoms with Crippen LogP contribution < -0.4 is 14.8 Å². The molecule has 1 aromatic carbocycles. The first-order chi connectivity index (χ1) is 16.3. The maximum atomic E-state index is 13.3. The number of nitrogens with zero attached hydrogens (tertiary/aromatic N) is 1. The van der Waals surface area contributed by atoms with Gasteiger partial charge in [-0.15, -0.1) is 11.3 Å². The van der Waals surface area contributed by atoms with E-state index in [1.807, 2.05) is 30.3 Å². The lowest BCUT2D eigenvalue weighted by Gasteiger charge is -2.33. The molecule has 0 bridgehead atoms. The van der Waals surface area contributed by atoms with Gasteiger partial charge >= 0.3 is 0 Å². The normalized spacial score (nSPS) is 15.9. The first-order valence-corrected chi connectivity index (χ1v) is 12.3. The molecule has 4 rings (SSSR count). The highest BCUT2D eigenvalue weighted by Crippen LogP contribution is 2.45. The first-order valence-electron chi connectivity index (χ1n) is 11.5. The highest BCUT2D eigenvalue weighted by Gasteiger charge is 2.33. The van der Waals surface area contributed by atoms with Gasteiger partial charge in [0.2, 0.25) is 0 Å². The van der Waals surface area contributed by atoms with Gasteiger partial charge in [-0.05, 0) is 66.5 Å².